The van der Waals surface area contributed by atoms with Gasteiger partial charge in [-0.15, -0.1) is 0 Å². The van der Waals surface area contributed by atoms with Gasteiger partial charge in [-0.25, -0.2) is 4.39 Å². The molecule has 0 bridgehead atoms. The van der Waals surface area contributed by atoms with Crippen molar-refractivity contribution in [2.24, 2.45) is 0 Å². The maximum absolute atomic E-state index is 13.7. The topological polar surface area (TPSA) is 21.3 Å². The SMILES string of the molecule is CNC(C)c1ccc(Oc2cc(Br)ccc2F)c(Cl)c1. The Balaban J connectivity index is 2.28. The van der Waals surface area contributed by atoms with Crippen LogP contribution in [-0.2, 0) is 0 Å². The molecule has 1 unspecified atom stereocenters. The van der Waals surface area contributed by atoms with E-state index in [0.29, 0.717) is 10.8 Å². The highest BCUT2D eigenvalue weighted by atomic mass is 79.9. The second kappa shape index (κ2) is 6.57. The molecule has 20 heavy (non-hydrogen) atoms. The lowest BCUT2D eigenvalue weighted by Crippen LogP contribution is -2.12. The van der Waals surface area contributed by atoms with Crippen molar-refractivity contribution in [3.63, 3.8) is 0 Å². The van der Waals surface area contributed by atoms with E-state index in [9.17, 15) is 4.39 Å². The van der Waals surface area contributed by atoms with Crippen LogP contribution in [0.2, 0.25) is 5.02 Å². The predicted octanol–water partition coefficient (Wildman–Crippen LogP) is 5.31. The summed E-state index contributed by atoms with van der Waals surface area (Å²) < 4.78 is 19.9. The van der Waals surface area contributed by atoms with E-state index in [1.807, 2.05) is 26.1 Å². The minimum atomic E-state index is -0.433. The molecule has 2 rings (SSSR count). The van der Waals surface area contributed by atoms with E-state index in [2.05, 4.69) is 21.2 Å². The number of hydrogen-bond donors (Lipinski definition) is 1. The summed E-state index contributed by atoms with van der Waals surface area (Å²) >= 11 is 9.47. The predicted molar refractivity (Wildman–Crippen MR) is 83.1 cm³/mol. The average Bonchev–Trinajstić information content (AvgIpc) is 2.44. The van der Waals surface area contributed by atoms with E-state index < -0.39 is 5.82 Å². The van der Waals surface area contributed by atoms with Gasteiger partial charge in [0.25, 0.3) is 0 Å². The molecule has 1 atom stereocenters. The first-order chi connectivity index (χ1) is 9.51. The third-order valence-electron chi connectivity index (χ3n) is 3.00. The Morgan fingerprint density at radius 3 is 2.60 bits per heavy atom. The van der Waals surface area contributed by atoms with Gasteiger partial charge in [0.05, 0.1) is 5.02 Å². The van der Waals surface area contributed by atoms with Gasteiger partial charge in [0, 0.05) is 10.5 Å². The van der Waals surface area contributed by atoms with Crippen molar-refractivity contribution in [3.8, 4) is 11.5 Å². The normalized spacial score (nSPS) is 12.2. The van der Waals surface area contributed by atoms with E-state index in [1.54, 1.807) is 18.2 Å². The quantitative estimate of drug-likeness (QED) is 0.799. The van der Waals surface area contributed by atoms with Crippen LogP contribution < -0.4 is 10.1 Å². The summed E-state index contributed by atoms with van der Waals surface area (Å²) in [6.07, 6.45) is 0. The molecule has 0 radical (unpaired) electrons. The molecule has 0 aliphatic carbocycles. The third kappa shape index (κ3) is 3.51. The zero-order valence-corrected chi connectivity index (χ0v) is 13.4. The zero-order chi connectivity index (χ0) is 14.7. The maximum atomic E-state index is 13.7. The first-order valence-electron chi connectivity index (χ1n) is 6.11. The van der Waals surface area contributed by atoms with Crippen molar-refractivity contribution in [2.45, 2.75) is 13.0 Å². The van der Waals surface area contributed by atoms with Crippen molar-refractivity contribution >= 4 is 27.5 Å². The van der Waals surface area contributed by atoms with Crippen molar-refractivity contribution in [3.05, 3.63) is 57.3 Å². The summed E-state index contributed by atoms with van der Waals surface area (Å²) in [6.45, 7) is 2.03. The summed E-state index contributed by atoms with van der Waals surface area (Å²) in [7, 11) is 1.87. The summed E-state index contributed by atoms with van der Waals surface area (Å²) in [6, 6.07) is 10.2. The summed E-state index contributed by atoms with van der Waals surface area (Å²) in [5.41, 5.74) is 1.04. The molecule has 0 amide bonds. The van der Waals surface area contributed by atoms with Crippen LogP contribution in [0.4, 0.5) is 4.39 Å². The Morgan fingerprint density at radius 2 is 1.95 bits per heavy atom. The van der Waals surface area contributed by atoms with Crippen LogP contribution in [0, 0.1) is 5.82 Å². The first-order valence-corrected chi connectivity index (χ1v) is 7.28. The van der Waals surface area contributed by atoms with Crippen LogP contribution in [0.5, 0.6) is 11.5 Å². The Bertz CT molecular complexity index is 621. The van der Waals surface area contributed by atoms with Gasteiger partial charge in [0.15, 0.2) is 11.6 Å². The minimum absolute atomic E-state index is 0.135. The Kier molecular flexibility index (Phi) is 5.02. The van der Waals surface area contributed by atoms with Crippen LogP contribution in [0.1, 0.15) is 18.5 Å². The molecular formula is C15H14BrClFNO. The molecule has 0 aliphatic heterocycles. The molecule has 2 aromatic carbocycles. The number of hydrogen-bond acceptors (Lipinski definition) is 2. The fraction of sp³-hybridized carbons (Fsp3) is 0.200. The van der Waals surface area contributed by atoms with E-state index in [1.165, 1.54) is 6.07 Å². The van der Waals surface area contributed by atoms with E-state index >= 15 is 0 Å². The number of rotatable bonds is 4. The summed E-state index contributed by atoms with van der Waals surface area (Å²) in [4.78, 5) is 0. The van der Waals surface area contributed by atoms with Crippen LogP contribution in [0.3, 0.4) is 0 Å². The van der Waals surface area contributed by atoms with Crippen LogP contribution in [-0.4, -0.2) is 7.05 Å². The molecular weight excluding hydrogens is 345 g/mol. The van der Waals surface area contributed by atoms with Gasteiger partial charge < -0.3 is 10.1 Å². The largest absolute Gasteiger partial charge is 0.453 e. The fourth-order valence-electron chi connectivity index (χ4n) is 1.71. The highest BCUT2D eigenvalue weighted by molar-refractivity contribution is 9.10. The minimum Gasteiger partial charge on any atom is -0.453 e. The second-order valence-corrected chi connectivity index (χ2v) is 5.70. The molecule has 0 saturated carbocycles. The molecule has 0 saturated heterocycles. The van der Waals surface area contributed by atoms with Crippen LogP contribution in [0.25, 0.3) is 0 Å². The van der Waals surface area contributed by atoms with Crippen molar-refractivity contribution in [1.82, 2.24) is 5.32 Å². The van der Waals surface area contributed by atoms with E-state index in [-0.39, 0.29) is 11.8 Å². The van der Waals surface area contributed by atoms with E-state index in [4.69, 9.17) is 16.3 Å². The lowest BCUT2D eigenvalue weighted by Gasteiger charge is -2.13. The Labute approximate surface area is 131 Å². The smallest absolute Gasteiger partial charge is 0.165 e. The molecule has 0 heterocycles. The van der Waals surface area contributed by atoms with Crippen LogP contribution >= 0.6 is 27.5 Å². The van der Waals surface area contributed by atoms with Gasteiger partial charge in [-0.1, -0.05) is 33.6 Å². The van der Waals surface area contributed by atoms with Gasteiger partial charge in [-0.2, -0.15) is 0 Å². The molecule has 0 fully saturated rings. The monoisotopic (exact) mass is 357 g/mol. The molecule has 0 aromatic heterocycles. The Morgan fingerprint density at radius 1 is 1.20 bits per heavy atom. The van der Waals surface area contributed by atoms with Gasteiger partial charge in [0.1, 0.15) is 5.75 Å². The third-order valence-corrected chi connectivity index (χ3v) is 3.79. The Hall–Kier alpha value is -1.10. The van der Waals surface area contributed by atoms with Gasteiger partial charge >= 0.3 is 0 Å². The second-order valence-electron chi connectivity index (χ2n) is 4.38. The maximum Gasteiger partial charge on any atom is 0.165 e. The van der Waals surface area contributed by atoms with E-state index in [0.717, 1.165) is 10.0 Å². The lowest BCUT2D eigenvalue weighted by molar-refractivity contribution is 0.441. The van der Waals surface area contributed by atoms with Gasteiger partial charge in [-0.3, -0.25) is 0 Å². The number of benzene rings is 2. The molecule has 0 spiro atoms. The van der Waals surface area contributed by atoms with Crippen LogP contribution in [0.15, 0.2) is 40.9 Å². The first kappa shape index (κ1) is 15.3. The number of nitrogens with one attached hydrogen (secondary N) is 1. The molecule has 106 valence electrons. The summed E-state index contributed by atoms with van der Waals surface area (Å²) in [5, 5.41) is 3.58. The van der Waals surface area contributed by atoms with Gasteiger partial charge in [-0.05, 0) is 49.9 Å². The molecule has 2 nitrogen and oxygen atoms in total. The highest BCUT2D eigenvalue weighted by Crippen LogP contribution is 2.33. The van der Waals surface area contributed by atoms with Crippen molar-refractivity contribution in [2.75, 3.05) is 7.05 Å². The summed E-state index contributed by atoms with van der Waals surface area (Å²) in [5.74, 6) is 0.128. The van der Waals surface area contributed by atoms with Crippen molar-refractivity contribution in [1.29, 1.82) is 0 Å². The fourth-order valence-corrected chi connectivity index (χ4v) is 2.28. The highest BCUT2D eigenvalue weighted by Gasteiger charge is 2.11. The molecule has 1 N–H and O–H groups in total. The number of ether oxygens (including phenoxy) is 1. The van der Waals surface area contributed by atoms with Crippen molar-refractivity contribution < 1.29 is 9.13 Å². The standard InChI is InChI=1S/C15H14BrClFNO/c1-9(19-2)10-3-6-14(12(17)7-10)20-15-8-11(16)4-5-13(15)18/h3-9,19H,1-2H3. The molecule has 2 aromatic rings. The lowest BCUT2D eigenvalue weighted by atomic mass is 10.1. The molecule has 0 aliphatic rings. The molecule has 5 heteroatoms. The van der Waals surface area contributed by atoms with Gasteiger partial charge in [0.2, 0.25) is 0 Å². The zero-order valence-electron chi connectivity index (χ0n) is 11.1. The average molecular weight is 359 g/mol. The number of halogens is 3.